The normalized spacial score (nSPS) is 10.6. The highest BCUT2D eigenvalue weighted by Gasteiger charge is 2.05. The summed E-state index contributed by atoms with van der Waals surface area (Å²) in [6.07, 6.45) is 1.47. The maximum atomic E-state index is 11.1. The standard InChI is InChI=1S/C14H23N3O/c1-3-17(9-5-8-14(18)16-2)11-12-6-4-7-13(15)10-12/h4,6-7,10H,3,5,8-9,11,15H2,1-2H3,(H,16,18). The molecule has 1 amide bonds. The summed E-state index contributed by atoms with van der Waals surface area (Å²) < 4.78 is 0. The van der Waals surface area contributed by atoms with Gasteiger partial charge in [-0.25, -0.2) is 0 Å². The van der Waals surface area contributed by atoms with Gasteiger partial charge >= 0.3 is 0 Å². The molecule has 18 heavy (non-hydrogen) atoms. The second-order valence-electron chi connectivity index (χ2n) is 4.39. The summed E-state index contributed by atoms with van der Waals surface area (Å²) in [6, 6.07) is 7.95. The SMILES string of the molecule is CCN(CCCC(=O)NC)Cc1cccc(N)c1. The van der Waals surface area contributed by atoms with Gasteiger partial charge in [-0.05, 0) is 37.2 Å². The predicted molar refractivity (Wildman–Crippen MR) is 75.1 cm³/mol. The predicted octanol–water partition coefficient (Wildman–Crippen LogP) is 1.62. The molecule has 4 heteroatoms. The number of benzene rings is 1. The van der Waals surface area contributed by atoms with Crippen LogP contribution in [0.4, 0.5) is 5.69 Å². The molecule has 0 spiro atoms. The van der Waals surface area contributed by atoms with Crippen molar-refractivity contribution in [3.05, 3.63) is 29.8 Å². The number of hydrogen-bond acceptors (Lipinski definition) is 3. The maximum absolute atomic E-state index is 11.1. The van der Waals surface area contributed by atoms with Crippen molar-refractivity contribution in [2.24, 2.45) is 0 Å². The van der Waals surface area contributed by atoms with Gasteiger partial charge in [0.25, 0.3) is 0 Å². The van der Waals surface area contributed by atoms with E-state index in [1.807, 2.05) is 18.2 Å². The first-order valence-electron chi connectivity index (χ1n) is 6.43. The molecular weight excluding hydrogens is 226 g/mol. The zero-order chi connectivity index (χ0) is 13.4. The largest absolute Gasteiger partial charge is 0.399 e. The fraction of sp³-hybridized carbons (Fsp3) is 0.500. The molecule has 0 heterocycles. The van der Waals surface area contributed by atoms with Crippen molar-refractivity contribution in [2.75, 3.05) is 25.9 Å². The van der Waals surface area contributed by atoms with Crippen LogP contribution in [0, 0.1) is 0 Å². The molecule has 0 unspecified atom stereocenters. The number of anilines is 1. The van der Waals surface area contributed by atoms with E-state index in [4.69, 9.17) is 5.73 Å². The minimum absolute atomic E-state index is 0.106. The lowest BCUT2D eigenvalue weighted by Gasteiger charge is -2.20. The minimum atomic E-state index is 0.106. The van der Waals surface area contributed by atoms with Gasteiger partial charge in [0.05, 0.1) is 0 Å². The molecular formula is C14H23N3O. The van der Waals surface area contributed by atoms with Crippen LogP contribution in [0.2, 0.25) is 0 Å². The summed E-state index contributed by atoms with van der Waals surface area (Å²) >= 11 is 0. The van der Waals surface area contributed by atoms with Crippen LogP contribution in [0.1, 0.15) is 25.3 Å². The average Bonchev–Trinajstić information content (AvgIpc) is 2.37. The van der Waals surface area contributed by atoms with Crippen molar-refractivity contribution in [3.8, 4) is 0 Å². The van der Waals surface area contributed by atoms with Crippen LogP contribution in [0.3, 0.4) is 0 Å². The van der Waals surface area contributed by atoms with E-state index in [0.717, 1.165) is 31.7 Å². The molecule has 1 aromatic rings. The first-order valence-corrected chi connectivity index (χ1v) is 6.43. The number of nitrogen functional groups attached to an aromatic ring is 1. The summed E-state index contributed by atoms with van der Waals surface area (Å²) in [7, 11) is 1.67. The van der Waals surface area contributed by atoms with E-state index < -0.39 is 0 Å². The molecule has 1 rings (SSSR count). The lowest BCUT2D eigenvalue weighted by Crippen LogP contribution is -2.26. The Bertz CT molecular complexity index is 379. The van der Waals surface area contributed by atoms with Gasteiger partial charge in [-0.3, -0.25) is 9.69 Å². The molecule has 4 nitrogen and oxygen atoms in total. The first-order chi connectivity index (χ1) is 8.65. The van der Waals surface area contributed by atoms with Crippen LogP contribution in [-0.2, 0) is 11.3 Å². The Morgan fingerprint density at radius 1 is 1.44 bits per heavy atom. The summed E-state index contributed by atoms with van der Waals surface area (Å²) in [4.78, 5) is 13.5. The zero-order valence-electron chi connectivity index (χ0n) is 11.3. The second-order valence-corrected chi connectivity index (χ2v) is 4.39. The third-order valence-corrected chi connectivity index (χ3v) is 2.96. The molecule has 0 atom stereocenters. The van der Waals surface area contributed by atoms with Crippen LogP contribution in [0.5, 0.6) is 0 Å². The molecule has 0 saturated heterocycles. The first kappa shape index (κ1) is 14.5. The number of amides is 1. The zero-order valence-corrected chi connectivity index (χ0v) is 11.3. The van der Waals surface area contributed by atoms with E-state index in [1.165, 1.54) is 5.56 Å². The molecule has 3 N–H and O–H groups in total. The number of hydrogen-bond donors (Lipinski definition) is 2. The number of carbonyl (C=O) groups is 1. The second kappa shape index (κ2) is 7.71. The molecule has 0 aliphatic carbocycles. The van der Waals surface area contributed by atoms with Gasteiger partial charge in [-0.15, -0.1) is 0 Å². The third kappa shape index (κ3) is 5.19. The third-order valence-electron chi connectivity index (χ3n) is 2.96. The summed E-state index contributed by atoms with van der Waals surface area (Å²) in [6.45, 7) is 4.92. The molecule has 0 fully saturated rings. The van der Waals surface area contributed by atoms with Gasteiger partial charge in [-0.2, -0.15) is 0 Å². The van der Waals surface area contributed by atoms with E-state index in [1.54, 1.807) is 7.05 Å². The molecule has 0 saturated carbocycles. The lowest BCUT2D eigenvalue weighted by atomic mass is 10.2. The molecule has 0 radical (unpaired) electrons. The minimum Gasteiger partial charge on any atom is -0.399 e. The Labute approximate surface area is 109 Å². The van der Waals surface area contributed by atoms with Crippen molar-refractivity contribution in [2.45, 2.75) is 26.3 Å². The maximum Gasteiger partial charge on any atom is 0.219 e. The van der Waals surface area contributed by atoms with Gasteiger partial charge in [0.2, 0.25) is 5.91 Å². The number of carbonyl (C=O) groups excluding carboxylic acids is 1. The van der Waals surface area contributed by atoms with Crippen molar-refractivity contribution < 1.29 is 4.79 Å². The average molecular weight is 249 g/mol. The Balaban J connectivity index is 2.40. The van der Waals surface area contributed by atoms with Crippen molar-refractivity contribution >= 4 is 11.6 Å². The van der Waals surface area contributed by atoms with E-state index in [-0.39, 0.29) is 5.91 Å². The Morgan fingerprint density at radius 2 is 2.22 bits per heavy atom. The van der Waals surface area contributed by atoms with Gasteiger partial charge in [0.1, 0.15) is 0 Å². The van der Waals surface area contributed by atoms with Crippen LogP contribution < -0.4 is 11.1 Å². The summed E-state index contributed by atoms with van der Waals surface area (Å²) in [5.74, 6) is 0.106. The van der Waals surface area contributed by atoms with Crippen molar-refractivity contribution in [1.82, 2.24) is 10.2 Å². The Kier molecular flexibility index (Phi) is 6.22. The van der Waals surface area contributed by atoms with Crippen LogP contribution in [0.15, 0.2) is 24.3 Å². The van der Waals surface area contributed by atoms with Crippen molar-refractivity contribution in [3.63, 3.8) is 0 Å². The Hall–Kier alpha value is -1.55. The van der Waals surface area contributed by atoms with Gasteiger partial charge in [0.15, 0.2) is 0 Å². The molecule has 0 bridgehead atoms. The topological polar surface area (TPSA) is 58.4 Å². The molecule has 1 aromatic carbocycles. The smallest absolute Gasteiger partial charge is 0.219 e. The van der Waals surface area contributed by atoms with E-state index in [2.05, 4.69) is 23.2 Å². The quantitative estimate of drug-likeness (QED) is 0.722. The number of rotatable bonds is 7. The lowest BCUT2D eigenvalue weighted by molar-refractivity contribution is -0.120. The van der Waals surface area contributed by atoms with Gasteiger partial charge < -0.3 is 11.1 Å². The van der Waals surface area contributed by atoms with Crippen molar-refractivity contribution in [1.29, 1.82) is 0 Å². The summed E-state index contributed by atoms with van der Waals surface area (Å²) in [5.41, 5.74) is 7.78. The van der Waals surface area contributed by atoms with Gasteiger partial charge in [-0.1, -0.05) is 19.1 Å². The number of nitrogens with two attached hydrogens (primary N) is 1. The number of nitrogens with zero attached hydrogens (tertiary/aromatic N) is 1. The Morgan fingerprint density at radius 3 is 2.83 bits per heavy atom. The highest BCUT2D eigenvalue weighted by Crippen LogP contribution is 2.10. The van der Waals surface area contributed by atoms with Crippen LogP contribution in [-0.4, -0.2) is 30.9 Å². The number of nitrogens with one attached hydrogen (secondary N) is 1. The fourth-order valence-corrected chi connectivity index (χ4v) is 1.89. The van der Waals surface area contributed by atoms with E-state index >= 15 is 0 Å². The molecule has 0 aliphatic rings. The fourth-order valence-electron chi connectivity index (χ4n) is 1.89. The highest BCUT2D eigenvalue weighted by atomic mass is 16.1. The van der Waals surface area contributed by atoms with Crippen LogP contribution in [0.25, 0.3) is 0 Å². The van der Waals surface area contributed by atoms with Crippen LogP contribution >= 0.6 is 0 Å². The van der Waals surface area contributed by atoms with Gasteiger partial charge in [0, 0.05) is 25.7 Å². The monoisotopic (exact) mass is 249 g/mol. The van der Waals surface area contributed by atoms with E-state index in [0.29, 0.717) is 6.42 Å². The summed E-state index contributed by atoms with van der Waals surface area (Å²) in [5, 5.41) is 2.64. The highest BCUT2D eigenvalue weighted by molar-refractivity contribution is 5.75. The molecule has 100 valence electrons. The molecule has 0 aliphatic heterocycles. The molecule has 0 aromatic heterocycles. The van der Waals surface area contributed by atoms with E-state index in [9.17, 15) is 4.79 Å².